The van der Waals surface area contributed by atoms with E-state index in [9.17, 15) is 10.2 Å². The van der Waals surface area contributed by atoms with Gasteiger partial charge in [-0.15, -0.1) is 11.3 Å². The molecular formula is C30H37NO4S. The largest absolute Gasteiger partial charge is 0.504 e. The number of hydrogen-bond donors (Lipinski definition) is 2. The topological polar surface area (TPSA) is 62.2 Å². The van der Waals surface area contributed by atoms with Crippen LogP contribution >= 0.6 is 11.3 Å². The van der Waals surface area contributed by atoms with Gasteiger partial charge in [-0.3, -0.25) is 4.90 Å². The van der Waals surface area contributed by atoms with Crippen molar-refractivity contribution in [2.24, 2.45) is 17.3 Å². The minimum Gasteiger partial charge on any atom is -0.504 e. The lowest BCUT2D eigenvalue weighted by Gasteiger charge is -2.75. The van der Waals surface area contributed by atoms with Gasteiger partial charge in [-0.2, -0.15) is 0 Å². The Morgan fingerprint density at radius 2 is 2.06 bits per heavy atom. The molecule has 2 aromatic rings. The van der Waals surface area contributed by atoms with Crippen LogP contribution in [0.25, 0.3) is 0 Å². The maximum absolute atomic E-state index is 12.4. The zero-order valence-corrected chi connectivity index (χ0v) is 22.4. The molecule has 4 bridgehead atoms. The van der Waals surface area contributed by atoms with E-state index in [2.05, 4.69) is 29.3 Å². The van der Waals surface area contributed by atoms with E-state index in [1.807, 2.05) is 20.1 Å². The molecule has 0 radical (unpaired) electrons. The number of methoxy groups -OCH3 is 1. The number of piperidine rings is 1. The molecule has 5 aliphatic carbocycles. The number of aromatic hydroxyl groups is 1. The zero-order chi connectivity index (χ0) is 24.7. The molecule has 36 heavy (non-hydrogen) atoms. The van der Waals surface area contributed by atoms with Crippen LogP contribution in [0.5, 0.6) is 11.5 Å². The third-order valence-electron chi connectivity index (χ3n) is 11.7. The molecule has 4 saturated carbocycles. The molecule has 5 fully saturated rings. The minimum absolute atomic E-state index is 0.0109. The van der Waals surface area contributed by atoms with Crippen molar-refractivity contribution >= 4 is 11.3 Å². The smallest absolute Gasteiger partial charge is 0.165 e. The first-order chi connectivity index (χ1) is 17.3. The normalized spacial score (nSPS) is 41.6. The van der Waals surface area contributed by atoms with Gasteiger partial charge in [-0.05, 0) is 99.9 Å². The summed E-state index contributed by atoms with van der Waals surface area (Å²) in [6.45, 7) is 6.42. The van der Waals surface area contributed by atoms with Crippen LogP contribution in [0, 0.1) is 24.2 Å². The van der Waals surface area contributed by atoms with Crippen molar-refractivity contribution in [3.05, 3.63) is 45.1 Å². The fourth-order valence-corrected chi connectivity index (χ4v) is 11.2. The number of likely N-dealkylation sites (tertiary alicyclic amines) is 1. The molecule has 3 heterocycles. The second kappa shape index (κ2) is 6.88. The van der Waals surface area contributed by atoms with Gasteiger partial charge in [-0.25, -0.2) is 0 Å². The Kier molecular flexibility index (Phi) is 4.28. The molecular weight excluding hydrogens is 470 g/mol. The lowest BCUT2D eigenvalue weighted by Crippen LogP contribution is -2.82. The Morgan fingerprint density at radius 1 is 1.22 bits per heavy atom. The Morgan fingerprint density at radius 3 is 2.78 bits per heavy atom. The monoisotopic (exact) mass is 507 g/mol. The Labute approximate surface area is 217 Å². The molecule has 0 amide bonds. The van der Waals surface area contributed by atoms with Crippen molar-refractivity contribution in [3.63, 3.8) is 0 Å². The van der Waals surface area contributed by atoms with Gasteiger partial charge >= 0.3 is 0 Å². The number of ether oxygens (including phenoxy) is 2. The van der Waals surface area contributed by atoms with Gasteiger partial charge in [0.1, 0.15) is 17.3 Å². The molecule has 1 aromatic carbocycles. The number of phenolic OH excluding ortho intramolecular Hbond substituents is 1. The summed E-state index contributed by atoms with van der Waals surface area (Å²) in [5, 5.41) is 25.5. The Hall–Kier alpha value is -1.60. The summed E-state index contributed by atoms with van der Waals surface area (Å²) >= 11 is 1.66. The van der Waals surface area contributed by atoms with Gasteiger partial charge in [0, 0.05) is 46.9 Å². The average molecular weight is 508 g/mol. The number of nitrogens with zero attached hydrogens (tertiary/aromatic N) is 1. The van der Waals surface area contributed by atoms with Gasteiger partial charge in [0.25, 0.3) is 0 Å². The van der Waals surface area contributed by atoms with Crippen LogP contribution < -0.4 is 4.74 Å². The summed E-state index contributed by atoms with van der Waals surface area (Å²) in [5.74, 6) is 1.72. The molecule has 9 rings (SSSR count). The SMILES string of the molecule is CO[C@]12CC[C@@]3(C[C@@H]1[C@](C)(O)c1sccc1C)[C@H]1Cc4ccc(O)c5c4[C@@]3(CCN1CC1CC1)[C@H]2O5. The van der Waals surface area contributed by atoms with Crippen molar-refractivity contribution in [1.29, 1.82) is 0 Å². The van der Waals surface area contributed by atoms with Gasteiger partial charge < -0.3 is 19.7 Å². The zero-order valence-electron chi connectivity index (χ0n) is 21.5. The van der Waals surface area contributed by atoms with Crippen LogP contribution in [0.15, 0.2) is 23.6 Å². The van der Waals surface area contributed by atoms with Crippen LogP contribution in [0.2, 0.25) is 0 Å². The number of benzene rings is 1. The maximum atomic E-state index is 12.4. The lowest BCUT2D eigenvalue weighted by atomic mass is 9.33. The van der Waals surface area contributed by atoms with E-state index in [-0.39, 0.29) is 28.6 Å². The first-order valence-electron chi connectivity index (χ1n) is 13.9. The van der Waals surface area contributed by atoms with E-state index in [1.54, 1.807) is 11.3 Å². The van der Waals surface area contributed by atoms with Crippen LogP contribution in [-0.4, -0.2) is 53.1 Å². The van der Waals surface area contributed by atoms with Crippen LogP contribution in [0.4, 0.5) is 0 Å². The molecule has 5 nitrogen and oxygen atoms in total. The van der Waals surface area contributed by atoms with Crippen LogP contribution in [-0.2, 0) is 22.2 Å². The van der Waals surface area contributed by atoms with Gasteiger partial charge in [0.15, 0.2) is 11.5 Å². The van der Waals surface area contributed by atoms with E-state index in [4.69, 9.17) is 9.47 Å². The number of thiophene rings is 1. The number of aryl methyl sites for hydroxylation is 1. The van der Waals surface area contributed by atoms with Crippen molar-refractivity contribution in [1.82, 2.24) is 4.90 Å². The number of rotatable bonds is 5. The average Bonchev–Trinajstić information content (AvgIpc) is 3.44. The molecule has 2 aliphatic heterocycles. The predicted molar refractivity (Wildman–Crippen MR) is 139 cm³/mol. The highest BCUT2D eigenvalue weighted by molar-refractivity contribution is 7.10. The Balaban J connectivity index is 1.36. The fourth-order valence-electron chi connectivity index (χ4n) is 10.1. The molecule has 7 atom stereocenters. The highest BCUT2D eigenvalue weighted by Crippen LogP contribution is 2.78. The second-order valence-electron chi connectivity index (χ2n) is 13.0. The molecule has 2 N–H and O–H groups in total. The first-order valence-corrected chi connectivity index (χ1v) is 14.7. The van der Waals surface area contributed by atoms with Crippen molar-refractivity contribution < 1.29 is 19.7 Å². The van der Waals surface area contributed by atoms with Gasteiger partial charge in [0.2, 0.25) is 0 Å². The molecule has 7 aliphatic rings. The third kappa shape index (κ3) is 2.36. The van der Waals surface area contributed by atoms with Crippen LogP contribution in [0.1, 0.15) is 67.0 Å². The highest BCUT2D eigenvalue weighted by Gasteiger charge is 2.82. The molecule has 1 saturated heterocycles. The number of aliphatic hydroxyl groups is 1. The minimum atomic E-state index is -1.01. The number of phenols is 1. The van der Waals surface area contributed by atoms with Crippen molar-refractivity contribution in [2.45, 2.75) is 87.6 Å². The van der Waals surface area contributed by atoms with E-state index >= 15 is 0 Å². The molecule has 0 unspecified atom stereocenters. The van der Waals surface area contributed by atoms with Crippen molar-refractivity contribution in [3.8, 4) is 11.5 Å². The standard InChI is InChI=1S/C30H37NO4S/c1-17-8-13-36-25(17)27(2,33)21-15-28-9-10-30(21,34-3)26-29(28)11-12-31(16-18-4-5-18)22(28)14-19-6-7-20(32)24(35-26)23(19)29/h6-8,13,18,21-22,26,32-33H,4-5,9-12,14-16H2,1-3H3/t21-,22-,26-,27+,28-,29+,30-/m1/s1. The summed E-state index contributed by atoms with van der Waals surface area (Å²) < 4.78 is 13.5. The third-order valence-corrected chi connectivity index (χ3v) is 12.9. The van der Waals surface area contributed by atoms with Crippen molar-refractivity contribution in [2.75, 3.05) is 20.2 Å². The van der Waals surface area contributed by atoms with Gasteiger partial charge in [-0.1, -0.05) is 6.07 Å². The summed E-state index contributed by atoms with van der Waals surface area (Å²) in [6.07, 6.45) is 7.51. The van der Waals surface area contributed by atoms with E-state index in [0.717, 1.165) is 55.0 Å². The maximum Gasteiger partial charge on any atom is 0.165 e. The first kappa shape index (κ1) is 22.4. The fraction of sp³-hybridized carbons (Fsp3) is 0.667. The quantitative estimate of drug-likeness (QED) is 0.603. The number of fused-ring (bicyclic) bond motifs is 2. The van der Waals surface area contributed by atoms with E-state index in [0.29, 0.717) is 11.8 Å². The molecule has 2 spiro atoms. The summed E-state index contributed by atoms with van der Waals surface area (Å²) in [6, 6.07) is 6.56. The molecule has 1 aromatic heterocycles. The lowest BCUT2D eigenvalue weighted by molar-refractivity contribution is -0.304. The van der Waals surface area contributed by atoms with Gasteiger partial charge in [0.05, 0.1) is 0 Å². The summed E-state index contributed by atoms with van der Waals surface area (Å²) in [5.41, 5.74) is 2.02. The molecule has 192 valence electrons. The second-order valence-corrected chi connectivity index (χ2v) is 13.9. The van der Waals surface area contributed by atoms with E-state index in [1.165, 1.54) is 30.5 Å². The number of hydrogen-bond acceptors (Lipinski definition) is 6. The van der Waals surface area contributed by atoms with E-state index < -0.39 is 11.2 Å². The van der Waals surface area contributed by atoms with Crippen LogP contribution in [0.3, 0.4) is 0 Å². The summed E-state index contributed by atoms with van der Waals surface area (Å²) in [7, 11) is 1.83. The molecule has 6 heteroatoms. The predicted octanol–water partition coefficient (Wildman–Crippen LogP) is 4.89. The summed E-state index contributed by atoms with van der Waals surface area (Å²) in [4.78, 5) is 3.87. The highest BCUT2D eigenvalue weighted by atomic mass is 32.1. The Bertz CT molecular complexity index is 1270.